The molecule has 1 heterocycles. The zero-order chi connectivity index (χ0) is 17.1. The fraction of sp³-hybridized carbons (Fsp3) is 0.300. The van der Waals surface area contributed by atoms with E-state index in [2.05, 4.69) is 22.4 Å². The predicted molar refractivity (Wildman–Crippen MR) is 107 cm³/mol. The molecule has 0 saturated carbocycles. The lowest BCUT2D eigenvalue weighted by molar-refractivity contribution is -0.113. The Morgan fingerprint density at radius 1 is 1.12 bits per heavy atom. The van der Waals surface area contributed by atoms with Crippen molar-refractivity contribution >= 4 is 44.9 Å². The van der Waals surface area contributed by atoms with Crippen molar-refractivity contribution in [2.45, 2.75) is 31.4 Å². The first-order chi connectivity index (χ1) is 12.3. The first kappa shape index (κ1) is 16.6. The SMILES string of the molecule is O=C(CSCc1nc2ccccc2s1)Nc1cccc2c1CCCC2. The number of aryl methyl sites for hydroxylation is 1. The lowest BCUT2D eigenvalue weighted by Crippen LogP contribution is -2.17. The second-order valence-corrected chi connectivity index (χ2v) is 8.37. The molecule has 4 rings (SSSR count). The summed E-state index contributed by atoms with van der Waals surface area (Å²) in [6.07, 6.45) is 4.67. The number of para-hydroxylation sites is 1. The minimum Gasteiger partial charge on any atom is -0.325 e. The van der Waals surface area contributed by atoms with E-state index in [1.807, 2.05) is 30.3 Å². The summed E-state index contributed by atoms with van der Waals surface area (Å²) >= 11 is 3.33. The fourth-order valence-electron chi connectivity index (χ4n) is 3.30. The number of hydrogen-bond acceptors (Lipinski definition) is 4. The van der Waals surface area contributed by atoms with Crippen LogP contribution in [0.1, 0.15) is 29.0 Å². The number of hydrogen-bond donors (Lipinski definition) is 1. The summed E-state index contributed by atoms with van der Waals surface area (Å²) in [5.41, 5.74) is 4.77. The Hall–Kier alpha value is -1.85. The standard InChI is InChI=1S/C20H20N2OS2/c23-19(21-16-10-5-7-14-6-1-2-8-15(14)16)12-24-13-20-22-17-9-3-4-11-18(17)25-20/h3-5,7,9-11H,1-2,6,8,12-13H2,(H,21,23). The van der Waals surface area contributed by atoms with Gasteiger partial charge < -0.3 is 5.32 Å². The highest BCUT2D eigenvalue weighted by Gasteiger charge is 2.14. The molecule has 0 atom stereocenters. The third kappa shape index (κ3) is 3.88. The van der Waals surface area contributed by atoms with Crippen molar-refractivity contribution in [3.63, 3.8) is 0 Å². The number of amides is 1. The molecule has 1 aliphatic rings. The van der Waals surface area contributed by atoms with Crippen LogP contribution in [0.15, 0.2) is 42.5 Å². The van der Waals surface area contributed by atoms with Gasteiger partial charge in [0.15, 0.2) is 0 Å². The zero-order valence-corrected chi connectivity index (χ0v) is 15.6. The van der Waals surface area contributed by atoms with Crippen LogP contribution in [-0.4, -0.2) is 16.6 Å². The van der Waals surface area contributed by atoms with Crippen LogP contribution >= 0.6 is 23.1 Å². The summed E-state index contributed by atoms with van der Waals surface area (Å²) < 4.78 is 1.21. The molecule has 128 valence electrons. The molecule has 0 radical (unpaired) electrons. The Kier molecular flexibility index (Phi) is 5.04. The van der Waals surface area contributed by atoms with E-state index in [-0.39, 0.29) is 5.91 Å². The van der Waals surface area contributed by atoms with Crippen molar-refractivity contribution in [1.82, 2.24) is 4.98 Å². The monoisotopic (exact) mass is 368 g/mol. The molecule has 0 aliphatic heterocycles. The Labute approximate surface area is 155 Å². The molecule has 2 aromatic carbocycles. The van der Waals surface area contributed by atoms with Crippen molar-refractivity contribution < 1.29 is 4.79 Å². The summed E-state index contributed by atoms with van der Waals surface area (Å²) in [7, 11) is 0. The number of thioether (sulfide) groups is 1. The molecule has 1 aromatic heterocycles. The number of rotatable bonds is 5. The van der Waals surface area contributed by atoms with Gasteiger partial charge in [-0.1, -0.05) is 24.3 Å². The molecule has 0 bridgehead atoms. The summed E-state index contributed by atoms with van der Waals surface area (Å²) in [4.78, 5) is 16.9. The van der Waals surface area contributed by atoms with E-state index in [1.54, 1.807) is 23.1 Å². The second kappa shape index (κ2) is 7.58. The highest BCUT2D eigenvalue weighted by atomic mass is 32.2. The molecular weight excluding hydrogens is 348 g/mol. The van der Waals surface area contributed by atoms with E-state index in [0.717, 1.165) is 34.8 Å². The number of benzene rings is 2. The molecule has 3 nitrogen and oxygen atoms in total. The smallest absolute Gasteiger partial charge is 0.234 e. The highest BCUT2D eigenvalue weighted by Crippen LogP contribution is 2.28. The maximum absolute atomic E-state index is 12.3. The number of fused-ring (bicyclic) bond motifs is 2. The molecule has 0 saturated heterocycles. The average Bonchev–Trinajstić information content (AvgIpc) is 3.05. The highest BCUT2D eigenvalue weighted by molar-refractivity contribution is 7.99. The number of thiazole rings is 1. The Bertz CT molecular complexity index is 871. The van der Waals surface area contributed by atoms with Gasteiger partial charge in [-0.15, -0.1) is 23.1 Å². The summed E-state index contributed by atoms with van der Waals surface area (Å²) in [5, 5.41) is 4.19. The molecule has 0 unspecified atom stereocenters. The predicted octanol–water partition coefficient (Wildman–Crippen LogP) is 5.05. The Balaban J connectivity index is 1.33. The fourth-order valence-corrected chi connectivity index (χ4v) is 5.14. The van der Waals surface area contributed by atoms with Gasteiger partial charge >= 0.3 is 0 Å². The number of carbonyl (C=O) groups is 1. The summed E-state index contributed by atoms with van der Waals surface area (Å²) in [6.45, 7) is 0. The minimum atomic E-state index is 0.0742. The Morgan fingerprint density at radius 3 is 2.92 bits per heavy atom. The third-order valence-electron chi connectivity index (χ3n) is 4.47. The van der Waals surface area contributed by atoms with Gasteiger partial charge in [0.1, 0.15) is 5.01 Å². The first-order valence-electron chi connectivity index (χ1n) is 8.62. The minimum absolute atomic E-state index is 0.0742. The van der Waals surface area contributed by atoms with Gasteiger partial charge in [0, 0.05) is 11.4 Å². The van der Waals surface area contributed by atoms with Crippen LogP contribution in [0.4, 0.5) is 5.69 Å². The van der Waals surface area contributed by atoms with Gasteiger partial charge in [0.25, 0.3) is 0 Å². The van der Waals surface area contributed by atoms with Gasteiger partial charge in [0.05, 0.1) is 16.0 Å². The largest absolute Gasteiger partial charge is 0.325 e. The maximum atomic E-state index is 12.3. The van der Waals surface area contributed by atoms with Crippen LogP contribution in [0.3, 0.4) is 0 Å². The molecule has 3 aromatic rings. The molecule has 0 spiro atoms. The van der Waals surface area contributed by atoms with Crippen molar-refractivity contribution in [3.05, 3.63) is 58.6 Å². The average molecular weight is 369 g/mol. The van der Waals surface area contributed by atoms with E-state index in [1.165, 1.54) is 28.7 Å². The van der Waals surface area contributed by atoms with Gasteiger partial charge in [-0.05, 0) is 55.0 Å². The first-order valence-corrected chi connectivity index (χ1v) is 10.6. The third-order valence-corrected chi connectivity index (χ3v) is 6.63. The zero-order valence-electron chi connectivity index (χ0n) is 14.0. The quantitative estimate of drug-likeness (QED) is 0.685. The van der Waals surface area contributed by atoms with Crippen molar-refractivity contribution in [2.75, 3.05) is 11.1 Å². The molecule has 1 aliphatic carbocycles. The number of carbonyl (C=O) groups excluding carboxylic acids is 1. The van der Waals surface area contributed by atoms with Gasteiger partial charge in [-0.3, -0.25) is 4.79 Å². The number of aromatic nitrogens is 1. The number of anilines is 1. The topological polar surface area (TPSA) is 42.0 Å². The van der Waals surface area contributed by atoms with E-state index >= 15 is 0 Å². The van der Waals surface area contributed by atoms with Gasteiger partial charge in [-0.2, -0.15) is 0 Å². The normalized spacial score (nSPS) is 13.6. The van der Waals surface area contributed by atoms with E-state index in [4.69, 9.17) is 0 Å². The lowest BCUT2D eigenvalue weighted by atomic mass is 9.90. The molecular formula is C20H20N2OS2. The van der Waals surface area contributed by atoms with E-state index in [0.29, 0.717) is 5.75 Å². The summed E-state index contributed by atoms with van der Waals surface area (Å²) in [6, 6.07) is 14.4. The molecule has 1 amide bonds. The lowest BCUT2D eigenvalue weighted by Gasteiger charge is -2.19. The summed E-state index contributed by atoms with van der Waals surface area (Å²) in [5.74, 6) is 1.31. The van der Waals surface area contributed by atoms with Crippen LogP contribution in [0.25, 0.3) is 10.2 Å². The molecule has 5 heteroatoms. The van der Waals surface area contributed by atoms with Crippen LogP contribution in [0, 0.1) is 0 Å². The maximum Gasteiger partial charge on any atom is 0.234 e. The van der Waals surface area contributed by atoms with Crippen LogP contribution in [0.5, 0.6) is 0 Å². The van der Waals surface area contributed by atoms with E-state index in [9.17, 15) is 4.79 Å². The number of nitrogens with zero attached hydrogens (tertiary/aromatic N) is 1. The number of nitrogens with one attached hydrogen (secondary N) is 1. The van der Waals surface area contributed by atoms with Crippen LogP contribution in [-0.2, 0) is 23.4 Å². The van der Waals surface area contributed by atoms with Gasteiger partial charge in [0.2, 0.25) is 5.91 Å². The molecule has 1 N–H and O–H groups in total. The van der Waals surface area contributed by atoms with Crippen LogP contribution < -0.4 is 5.32 Å². The van der Waals surface area contributed by atoms with E-state index < -0.39 is 0 Å². The molecule has 25 heavy (non-hydrogen) atoms. The van der Waals surface area contributed by atoms with Crippen LogP contribution in [0.2, 0.25) is 0 Å². The van der Waals surface area contributed by atoms with Gasteiger partial charge in [-0.25, -0.2) is 4.98 Å². The second-order valence-electron chi connectivity index (χ2n) is 6.27. The van der Waals surface area contributed by atoms with Crippen molar-refractivity contribution in [2.24, 2.45) is 0 Å². The Morgan fingerprint density at radius 2 is 2.00 bits per heavy atom. The molecule has 0 fully saturated rings. The van der Waals surface area contributed by atoms with Crippen molar-refractivity contribution in [1.29, 1.82) is 0 Å². The van der Waals surface area contributed by atoms with Crippen molar-refractivity contribution in [3.8, 4) is 0 Å².